The molecule has 1 heterocycles. The summed E-state index contributed by atoms with van der Waals surface area (Å²) in [5, 5.41) is 3.12. The molecule has 2 rings (SSSR count). The van der Waals surface area contributed by atoms with E-state index in [4.69, 9.17) is 0 Å². The standard InChI is InChI=1S/C13H18BrN3O/c1-9-4-5-12(11(14)6-9)17-8-10(7-15-2)16(3)13(17)18/h4-6,10,15H,7-8H2,1-3H3. The molecule has 4 nitrogen and oxygen atoms in total. The van der Waals surface area contributed by atoms with Gasteiger partial charge in [-0.3, -0.25) is 4.90 Å². The number of hydrogen-bond donors (Lipinski definition) is 1. The van der Waals surface area contributed by atoms with Gasteiger partial charge in [-0.25, -0.2) is 4.79 Å². The minimum absolute atomic E-state index is 0.0554. The molecule has 0 aliphatic carbocycles. The van der Waals surface area contributed by atoms with Crippen LogP contribution in [0.5, 0.6) is 0 Å². The molecule has 1 N–H and O–H groups in total. The number of carbonyl (C=O) groups excluding carboxylic acids is 1. The average Bonchev–Trinajstić information content (AvgIpc) is 2.58. The van der Waals surface area contributed by atoms with Crippen LogP contribution in [0.4, 0.5) is 10.5 Å². The first-order valence-corrected chi connectivity index (χ1v) is 6.79. The third-order valence-electron chi connectivity index (χ3n) is 3.31. The van der Waals surface area contributed by atoms with Crippen LogP contribution < -0.4 is 10.2 Å². The summed E-state index contributed by atoms with van der Waals surface area (Å²) >= 11 is 3.54. The second-order valence-corrected chi connectivity index (χ2v) is 5.52. The molecule has 0 aromatic heterocycles. The van der Waals surface area contributed by atoms with Gasteiger partial charge in [0, 0.05) is 24.6 Å². The monoisotopic (exact) mass is 311 g/mol. The molecule has 0 radical (unpaired) electrons. The van der Waals surface area contributed by atoms with Gasteiger partial charge in [0.2, 0.25) is 0 Å². The number of carbonyl (C=O) groups is 1. The lowest BCUT2D eigenvalue weighted by Crippen LogP contribution is -2.37. The highest BCUT2D eigenvalue weighted by atomic mass is 79.9. The van der Waals surface area contributed by atoms with Gasteiger partial charge in [0.25, 0.3) is 0 Å². The molecule has 2 amide bonds. The summed E-state index contributed by atoms with van der Waals surface area (Å²) in [7, 11) is 3.76. The van der Waals surface area contributed by atoms with Crippen molar-refractivity contribution >= 4 is 27.6 Å². The molecule has 5 heteroatoms. The molecule has 1 unspecified atom stereocenters. The van der Waals surface area contributed by atoms with Crippen LogP contribution in [-0.2, 0) is 0 Å². The lowest BCUT2D eigenvalue weighted by molar-refractivity contribution is 0.218. The summed E-state index contributed by atoms with van der Waals surface area (Å²) in [4.78, 5) is 15.9. The van der Waals surface area contributed by atoms with E-state index in [1.165, 1.54) is 5.56 Å². The lowest BCUT2D eigenvalue weighted by atomic mass is 10.2. The Morgan fingerprint density at radius 1 is 1.50 bits per heavy atom. The van der Waals surface area contributed by atoms with E-state index in [1.54, 1.807) is 4.90 Å². The molecule has 0 bridgehead atoms. The van der Waals surface area contributed by atoms with Crippen LogP contribution in [-0.4, -0.2) is 44.2 Å². The Hall–Kier alpha value is -1.07. The van der Waals surface area contributed by atoms with Crippen molar-refractivity contribution in [2.45, 2.75) is 13.0 Å². The van der Waals surface area contributed by atoms with Gasteiger partial charge in [-0.2, -0.15) is 0 Å². The van der Waals surface area contributed by atoms with Gasteiger partial charge >= 0.3 is 6.03 Å². The zero-order valence-electron chi connectivity index (χ0n) is 10.9. The smallest absolute Gasteiger partial charge is 0.321 e. The molecule has 1 aromatic rings. The van der Waals surface area contributed by atoms with E-state index in [9.17, 15) is 4.79 Å². The van der Waals surface area contributed by atoms with Crippen LogP contribution in [0.3, 0.4) is 0 Å². The van der Waals surface area contributed by atoms with E-state index < -0.39 is 0 Å². The highest BCUT2D eigenvalue weighted by molar-refractivity contribution is 9.10. The fraction of sp³-hybridized carbons (Fsp3) is 0.462. The first kappa shape index (κ1) is 13.4. The number of halogens is 1. The Morgan fingerprint density at radius 3 is 2.83 bits per heavy atom. The van der Waals surface area contributed by atoms with Crippen LogP contribution in [0, 0.1) is 6.92 Å². The van der Waals surface area contributed by atoms with Gasteiger partial charge in [-0.1, -0.05) is 6.07 Å². The number of urea groups is 1. The molecule has 1 fully saturated rings. The number of benzene rings is 1. The fourth-order valence-corrected chi connectivity index (χ4v) is 2.93. The molecule has 98 valence electrons. The molecular weight excluding hydrogens is 294 g/mol. The number of anilines is 1. The highest BCUT2D eigenvalue weighted by Gasteiger charge is 2.35. The van der Waals surface area contributed by atoms with E-state index in [0.717, 1.165) is 23.2 Å². The second-order valence-electron chi connectivity index (χ2n) is 4.67. The summed E-state index contributed by atoms with van der Waals surface area (Å²) in [6.45, 7) is 3.57. The maximum Gasteiger partial charge on any atom is 0.324 e. The van der Waals surface area contributed by atoms with E-state index in [1.807, 2.05) is 44.1 Å². The number of aryl methyl sites for hydroxylation is 1. The molecule has 1 aromatic carbocycles. The fourth-order valence-electron chi connectivity index (χ4n) is 2.23. The van der Waals surface area contributed by atoms with Gasteiger partial charge < -0.3 is 10.2 Å². The Morgan fingerprint density at radius 2 is 2.22 bits per heavy atom. The molecule has 1 atom stereocenters. The summed E-state index contributed by atoms with van der Waals surface area (Å²) in [5.41, 5.74) is 2.12. The van der Waals surface area contributed by atoms with Crippen LogP contribution >= 0.6 is 15.9 Å². The third-order valence-corrected chi connectivity index (χ3v) is 3.94. The first-order chi connectivity index (χ1) is 8.54. The maximum atomic E-state index is 12.2. The minimum atomic E-state index is 0.0554. The van der Waals surface area contributed by atoms with Crippen molar-refractivity contribution in [3.63, 3.8) is 0 Å². The summed E-state index contributed by atoms with van der Waals surface area (Å²) < 4.78 is 0.967. The van der Waals surface area contributed by atoms with Crippen molar-refractivity contribution < 1.29 is 4.79 Å². The van der Waals surface area contributed by atoms with Crippen LogP contribution in [0.1, 0.15) is 5.56 Å². The molecular formula is C13H18BrN3O. The maximum absolute atomic E-state index is 12.2. The van der Waals surface area contributed by atoms with Crippen LogP contribution in [0.15, 0.2) is 22.7 Å². The zero-order valence-corrected chi connectivity index (χ0v) is 12.5. The van der Waals surface area contributed by atoms with Crippen molar-refractivity contribution in [1.29, 1.82) is 0 Å². The molecule has 1 aliphatic rings. The predicted octanol–water partition coefficient (Wildman–Crippen LogP) is 2.22. The Labute approximate surface area is 116 Å². The van der Waals surface area contributed by atoms with E-state index in [0.29, 0.717) is 0 Å². The lowest BCUT2D eigenvalue weighted by Gasteiger charge is -2.17. The largest absolute Gasteiger partial charge is 0.324 e. The molecule has 1 aliphatic heterocycles. The van der Waals surface area contributed by atoms with Crippen molar-refractivity contribution in [3.8, 4) is 0 Å². The van der Waals surface area contributed by atoms with Crippen LogP contribution in [0.2, 0.25) is 0 Å². The topological polar surface area (TPSA) is 35.6 Å². The normalized spacial score (nSPS) is 19.8. The quantitative estimate of drug-likeness (QED) is 0.929. The number of nitrogens with one attached hydrogen (secondary N) is 1. The van der Waals surface area contributed by atoms with Crippen molar-refractivity contribution in [3.05, 3.63) is 28.2 Å². The SMILES string of the molecule is CNCC1CN(c2ccc(C)cc2Br)C(=O)N1C. The predicted molar refractivity (Wildman–Crippen MR) is 77.1 cm³/mol. The van der Waals surface area contributed by atoms with E-state index >= 15 is 0 Å². The van der Waals surface area contributed by atoms with Crippen LogP contribution in [0.25, 0.3) is 0 Å². The van der Waals surface area contributed by atoms with E-state index in [2.05, 4.69) is 21.2 Å². The Bertz CT molecular complexity index is 464. The summed E-state index contributed by atoms with van der Waals surface area (Å²) in [6.07, 6.45) is 0. The van der Waals surface area contributed by atoms with Crippen molar-refractivity contribution in [1.82, 2.24) is 10.2 Å². The number of amides is 2. The second kappa shape index (κ2) is 5.28. The number of rotatable bonds is 3. The zero-order chi connectivity index (χ0) is 13.3. The first-order valence-electron chi connectivity index (χ1n) is 5.99. The average molecular weight is 312 g/mol. The van der Waals surface area contributed by atoms with Gasteiger partial charge in [-0.15, -0.1) is 0 Å². The highest BCUT2D eigenvalue weighted by Crippen LogP contribution is 2.30. The summed E-state index contributed by atoms with van der Waals surface area (Å²) in [6, 6.07) is 6.33. The van der Waals surface area contributed by atoms with Gasteiger partial charge in [0.15, 0.2) is 0 Å². The molecule has 18 heavy (non-hydrogen) atoms. The van der Waals surface area contributed by atoms with E-state index in [-0.39, 0.29) is 12.1 Å². The third kappa shape index (κ3) is 2.37. The van der Waals surface area contributed by atoms with Gasteiger partial charge in [0.1, 0.15) is 0 Å². The molecule has 1 saturated heterocycles. The minimum Gasteiger partial charge on any atom is -0.321 e. The Kier molecular flexibility index (Phi) is 3.92. The van der Waals surface area contributed by atoms with Gasteiger partial charge in [-0.05, 0) is 47.6 Å². The molecule has 0 spiro atoms. The Balaban J connectivity index is 2.26. The number of likely N-dealkylation sites (N-methyl/N-ethyl adjacent to an activating group) is 2. The van der Waals surface area contributed by atoms with Gasteiger partial charge in [0.05, 0.1) is 11.7 Å². The number of nitrogens with zero attached hydrogens (tertiary/aromatic N) is 2. The number of hydrogen-bond acceptors (Lipinski definition) is 2. The summed E-state index contributed by atoms with van der Waals surface area (Å²) in [5.74, 6) is 0. The van der Waals surface area contributed by atoms with Crippen molar-refractivity contribution in [2.75, 3.05) is 32.1 Å². The van der Waals surface area contributed by atoms with Crippen molar-refractivity contribution in [2.24, 2.45) is 0 Å². The molecule has 0 saturated carbocycles.